The summed E-state index contributed by atoms with van der Waals surface area (Å²) >= 11 is 0. The lowest BCUT2D eigenvalue weighted by atomic mass is 9.55. The third kappa shape index (κ3) is 1.33. The summed E-state index contributed by atoms with van der Waals surface area (Å²) in [5, 5.41) is 20.2. The molecule has 2 N–H and O–H groups in total. The molecule has 1 aromatic rings. The number of aryl methyl sites for hydroxylation is 1. The number of aromatic hydroxyl groups is 1. The average molecular weight is 286 g/mol. The second kappa shape index (κ2) is 3.64. The summed E-state index contributed by atoms with van der Waals surface area (Å²) in [6.07, 6.45) is 5.31. The molecule has 0 bridgehead atoms. The topological polar surface area (TPSA) is 53.0 Å². The highest BCUT2D eigenvalue weighted by molar-refractivity contribution is 5.46. The standard InChI is InChI=1S/C18H22O3/c1-17-9-16-18(21-16)12-5-3-11(19)8-10(12)2-4-14(18)13(17)6-7-15(17)20/h3,5,8,13-16,19-20H,2,4,6-7,9H2,1H3. The molecule has 1 heterocycles. The molecular weight excluding hydrogens is 264 g/mol. The fourth-order valence-electron chi connectivity index (χ4n) is 5.94. The summed E-state index contributed by atoms with van der Waals surface area (Å²) in [4.78, 5) is 0. The minimum atomic E-state index is -0.161. The van der Waals surface area contributed by atoms with Crippen LogP contribution in [0.4, 0.5) is 0 Å². The van der Waals surface area contributed by atoms with Crippen molar-refractivity contribution in [3.8, 4) is 5.75 Å². The molecule has 1 saturated heterocycles. The molecule has 6 atom stereocenters. The van der Waals surface area contributed by atoms with E-state index in [1.165, 1.54) is 11.1 Å². The number of phenols is 1. The third-order valence-electron chi connectivity index (χ3n) is 7.01. The van der Waals surface area contributed by atoms with Crippen LogP contribution in [-0.2, 0) is 16.8 Å². The Morgan fingerprint density at radius 1 is 1.19 bits per heavy atom. The molecule has 0 aromatic heterocycles. The predicted molar refractivity (Wildman–Crippen MR) is 77.9 cm³/mol. The van der Waals surface area contributed by atoms with Crippen molar-refractivity contribution < 1.29 is 14.9 Å². The van der Waals surface area contributed by atoms with Crippen LogP contribution >= 0.6 is 0 Å². The molecule has 0 amide bonds. The average Bonchev–Trinajstić information content (AvgIpc) is 3.07. The SMILES string of the molecule is CC12CC3OC34c3ccc(O)cc3CCC4C1CCC2O. The van der Waals surface area contributed by atoms with Gasteiger partial charge in [-0.05, 0) is 72.6 Å². The lowest BCUT2D eigenvalue weighted by molar-refractivity contribution is -0.0185. The molecule has 6 unspecified atom stereocenters. The van der Waals surface area contributed by atoms with Crippen LogP contribution in [0, 0.1) is 17.3 Å². The molecular formula is C18H22O3. The van der Waals surface area contributed by atoms with Gasteiger partial charge in [0.1, 0.15) is 11.4 Å². The van der Waals surface area contributed by atoms with E-state index in [-0.39, 0.29) is 23.2 Å². The van der Waals surface area contributed by atoms with E-state index in [2.05, 4.69) is 13.0 Å². The van der Waals surface area contributed by atoms with Crippen LogP contribution in [0.2, 0.25) is 0 Å². The van der Waals surface area contributed by atoms with Crippen molar-refractivity contribution in [3.05, 3.63) is 29.3 Å². The summed E-state index contributed by atoms with van der Waals surface area (Å²) in [5.74, 6) is 1.47. The Bertz CT molecular complexity index is 627. The Morgan fingerprint density at radius 2 is 2.05 bits per heavy atom. The van der Waals surface area contributed by atoms with Gasteiger partial charge < -0.3 is 14.9 Å². The molecule has 3 heteroatoms. The van der Waals surface area contributed by atoms with Crippen molar-refractivity contribution >= 4 is 0 Å². The lowest BCUT2D eigenvalue weighted by Gasteiger charge is -2.47. The van der Waals surface area contributed by atoms with Gasteiger partial charge in [-0.15, -0.1) is 0 Å². The molecule has 5 rings (SSSR count). The van der Waals surface area contributed by atoms with Crippen LogP contribution in [0.15, 0.2) is 18.2 Å². The summed E-state index contributed by atoms with van der Waals surface area (Å²) in [6, 6.07) is 5.78. The molecule has 3 aliphatic carbocycles. The van der Waals surface area contributed by atoms with E-state index in [9.17, 15) is 10.2 Å². The molecule has 3 nitrogen and oxygen atoms in total. The second-order valence-electron chi connectivity index (χ2n) is 7.80. The van der Waals surface area contributed by atoms with Crippen molar-refractivity contribution in [2.75, 3.05) is 0 Å². The van der Waals surface area contributed by atoms with E-state index < -0.39 is 0 Å². The summed E-state index contributed by atoms with van der Waals surface area (Å²) in [7, 11) is 0. The molecule has 1 aliphatic heterocycles. The fraction of sp³-hybridized carbons (Fsp3) is 0.667. The van der Waals surface area contributed by atoms with Crippen LogP contribution in [0.1, 0.15) is 43.7 Å². The molecule has 2 saturated carbocycles. The molecule has 21 heavy (non-hydrogen) atoms. The van der Waals surface area contributed by atoms with Gasteiger partial charge in [0.25, 0.3) is 0 Å². The van der Waals surface area contributed by atoms with Gasteiger partial charge >= 0.3 is 0 Å². The third-order valence-corrected chi connectivity index (χ3v) is 7.01. The Balaban J connectivity index is 1.63. The Labute approximate surface area is 124 Å². The highest BCUT2D eigenvalue weighted by Crippen LogP contribution is 2.71. The monoisotopic (exact) mass is 286 g/mol. The largest absolute Gasteiger partial charge is 0.508 e. The maximum absolute atomic E-state index is 10.5. The Hall–Kier alpha value is -1.06. The number of phenolic OH excluding ortho intramolecular Hbond substituents is 1. The number of rotatable bonds is 0. The molecule has 4 aliphatic rings. The predicted octanol–water partition coefficient (Wildman–Crippen LogP) is 2.73. The zero-order valence-corrected chi connectivity index (χ0v) is 12.4. The molecule has 1 spiro atoms. The Morgan fingerprint density at radius 3 is 2.90 bits per heavy atom. The van der Waals surface area contributed by atoms with Crippen LogP contribution in [0.5, 0.6) is 5.75 Å². The van der Waals surface area contributed by atoms with Crippen LogP contribution in [0.25, 0.3) is 0 Å². The summed E-state index contributed by atoms with van der Waals surface area (Å²) in [5.41, 5.74) is 2.51. The normalized spacial score (nSPS) is 49.8. The van der Waals surface area contributed by atoms with Gasteiger partial charge in [-0.25, -0.2) is 0 Å². The Kier molecular flexibility index (Phi) is 2.16. The fourth-order valence-corrected chi connectivity index (χ4v) is 5.94. The van der Waals surface area contributed by atoms with Gasteiger partial charge in [0.15, 0.2) is 0 Å². The smallest absolute Gasteiger partial charge is 0.123 e. The first-order valence-corrected chi connectivity index (χ1v) is 8.24. The van der Waals surface area contributed by atoms with Crippen molar-refractivity contribution in [1.82, 2.24) is 0 Å². The van der Waals surface area contributed by atoms with E-state index >= 15 is 0 Å². The van der Waals surface area contributed by atoms with Gasteiger partial charge in [-0.1, -0.05) is 13.0 Å². The molecule has 1 aromatic carbocycles. The van der Waals surface area contributed by atoms with E-state index in [1.807, 2.05) is 6.07 Å². The number of hydrogen-bond acceptors (Lipinski definition) is 3. The number of epoxide rings is 1. The molecule has 3 fully saturated rings. The van der Waals surface area contributed by atoms with E-state index in [0.29, 0.717) is 17.6 Å². The lowest BCUT2D eigenvalue weighted by Crippen LogP contribution is -2.48. The van der Waals surface area contributed by atoms with E-state index in [0.717, 1.165) is 32.1 Å². The number of ether oxygens (including phenoxy) is 1. The van der Waals surface area contributed by atoms with Gasteiger partial charge in [-0.3, -0.25) is 0 Å². The van der Waals surface area contributed by atoms with Crippen molar-refractivity contribution in [2.45, 2.75) is 56.8 Å². The van der Waals surface area contributed by atoms with Crippen LogP contribution in [-0.4, -0.2) is 22.4 Å². The molecule has 112 valence electrons. The van der Waals surface area contributed by atoms with Crippen molar-refractivity contribution in [2.24, 2.45) is 17.3 Å². The number of fused-ring (bicyclic) bond motifs is 3. The number of aliphatic hydroxyl groups excluding tert-OH is 1. The number of hydrogen-bond donors (Lipinski definition) is 2. The maximum Gasteiger partial charge on any atom is 0.123 e. The molecule has 0 radical (unpaired) electrons. The van der Waals surface area contributed by atoms with Crippen LogP contribution < -0.4 is 0 Å². The van der Waals surface area contributed by atoms with Gasteiger partial charge in [0, 0.05) is 0 Å². The first-order valence-electron chi connectivity index (χ1n) is 8.24. The number of aliphatic hydroxyl groups is 1. The van der Waals surface area contributed by atoms with E-state index in [1.54, 1.807) is 6.07 Å². The highest BCUT2D eigenvalue weighted by Gasteiger charge is 2.73. The van der Waals surface area contributed by atoms with Gasteiger partial charge in [-0.2, -0.15) is 0 Å². The minimum absolute atomic E-state index is 0.0454. The first-order chi connectivity index (χ1) is 10.1. The highest BCUT2D eigenvalue weighted by atomic mass is 16.6. The zero-order valence-electron chi connectivity index (χ0n) is 12.4. The number of benzene rings is 1. The summed E-state index contributed by atoms with van der Waals surface area (Å²) < 4.78 is 6.29. The summed E-state index contributed by atoms with van der Waals surface area (Å²) in [6.45, 7) is 2.27. The minimum Gasteiger partial charge on any atom is -0.508 e. The first kappa shape index (κ1) is 12.5. The second-order valence-corrected chi connectivity index (χ2v) is 7.80. The van der Waals surface area contributed by atoms with Gasteiger partial charge in [0.05, 0.1) is 12.2 Å². The maximum atomic E-state index is 10.5. The zero-order chi connectivity index (χ0) is 14.4. The van der Waals surface area contributed by atoms with Crippen molar-refractivity contribution in [1.29, 1.82) is 0 Å². The quantitative estimate of drug-likeness (QED) is 0.721. The van der Waals surface area contributed by atoms with Crippen molar-refractivity contribution in [3.63, 3.8) is 0 Å². The van der Waals surface area contributed by atoms with E-state index in [4.69, 9.17) is 4.74 Å². The van der Waals surface area contributed by atoms with Crippen LogP contribution in [0.3, 0.4) is 0 Å². The van der Waals surface area contributed by atoms with Gasteiger partial charge in [0.2, 0.25) is 0 Å².